The first-order valence-electron chi connectivity index (χ1n) is 9.26. The molecule has 0 saturated carbocycles. The third-order valence-corrected chi connectivity index (χ3v) is 4.30. The zero-order valence-electron chi connectivity index (χ0n) is 16.4. The van der Waals surface area contributed by atoms with Crippen LogP contribution in [0.4, 0.5) is 4.39 Å². The predicted octanol–water partition coefficient (Wildman–Crippen LogP) is 3.31. The summed E-state index contributed by atoms with van der Waals surface area (Å²) in [6.45, 7) is 5.79. The molecule has 0 aliphatic rings. The average Bonchev–Trinajstić information content (AvgIpc) is 3.11. The maximum Gasteiger partial charge on any atom is 0.194 e. The second-order valence-electron chi connectivity index (χ2n) is 6.53. The van der Waals surface area contributed by atoms with Crippen molar-refractivity contribution >= 4 is 5.96 Å². The van der Waals surface area contributed by atoms with E-state index >= 15 is 0 Å². The number of halogens is 1. The molecule has 0 aliphatic heterocycles. The fourth-order valence-corrected chi connectivity index (χ4v) is 2.89. The van der Waals surface area contributed by atoms with Crippen LogP contribution in [0.15, 0.2) is 60.0 Å². The van der Waals surface area contributed by atoms with Gasteiger partial charge in [0.1, 0.15) is 17.5 Å². The largest absolute Gasteiger partial charge is 0.357 e. The van der Waals surface area contributed by atoms with Crippen molar-refractivity contribution in [3.8, 4) is 5.82 Å². The van der Waals surface area contributed by atoms with E-state index < -0.39 is 0 Å². The lowest BCUT2D eigenvalue weighted by molar-refractivity contribution is 0.474. The van der Waals surface area contributed by atoms with Crippen molar-refractivity contribution in [1.82, 2.24) is 24.8 Å². The number of nitrogens with one attached hydrogen (secondary N) is 1. The molecule has 3 rings (SSSR count). The zero-order chi connectivity index (χ0) is 19.9. The zero-order valence-corrected chi connectivity index (χ0v) is 16.4. The molecule has 3 aromatic rings. The molecular formula is C21H25FN6. The minimum atomic E-state index is -0.230. The molecule has 1 aromatic carbocycles. The number of rotatable bonds is 6. The van der Waals surface area contributed by atoms with Gasteiger partial charge in [-0.2, -0.15) is 0 Å². The molecule has 2 heterocycles. The molecule has 0 atom stereocenters. The lowest BCUT2D eigenvalue weighted by atomic mass is 10.2. The van der Waals surface area contributed by atoms with E-state index in [4.69, 9.17) is 4.99 Å². The molecule has 0 unspecified atom stereocenters. The van der Waals surface area contributed by atoms with Crippen molar-refractivity contribution in [3.05, 3.63) is 77.8 Å². The van der Waals surface area contributed by atoms with Gasteiger partial charge in [-0.3, -0.25) is 4.57 Å². The topological polar surface area (TPSA) is 58.3 Å². The number of pyridine rings is 1. The van der Waals surface area contributed by atoms with Crippen molar-refractivity contribution in [2.24, 2.45) is 4.99 Å². The maximum atomic E-state index is 13.4. The van der Waals surface area contributed by atoms with Crippen molar-refractivity contribution in [2.75, 3.05) is 13.6 Å². The number of imidazole rings is 1. The van der Waals surface area contributed by atoms with Crippen molar-refractivity contribution < 1.29 is 4.39 Å². The highest BCUT2D eigenvalue weighted by atomic mass is 19.1. The number of hydrogen-bond donors (Lipinski definition) is 1. The van der Waals surface area contributed by atoms with Gasteiger partial charge >= 0.3 is 0 Å². The Bertz CT molecular complexity index is 932. The summed E-state index contributed by atoms with van der Waals surface area (Å²) in [5.74, 6) is 2.26. The van der Waals surface area contributed by atoms with Crippen LogP contribution in [-0.2, 0) is 13.1 Å². The third kappa shape index (κ3) is 4.94. The second-order valence-corrected chi connectivity index (χ2v) is 6.53. The normalized spacial score (nSPS) is 11.5. The summed E-state index contributed by atoms with van der Waals surface area (Å²) in [6, 6.07) is 10.6. The van der Waals surface area contributed by atoms with Crippen molar-refractivity contribution in [1.29, 1.82) is 0 Å². The molecule has 0 radical (unpaired) electrons. The summed E-state index contributed by atoms with van der Waals surface area (Å²) in [5, 5.41) is 3.28. The van der Waals surface area contributed by atoms with Gasteiger partial charge in [0.05, 0.1) is 6.54 Å². The number of benzene rings is 1. The van der Waals surface area contributed by atoms with Gasteiger partial charge in [0.2, 0.25) is 0 Å². The van der Waals surface area contributed by atoms with Crippen LogP contribution in [0.5, 0.6) is 0 Å². The molecule has 6 nitrogen and oxygen atoms in total. The van der Waals surface area contributed by atoms with Crippen LogP contribution >= 0.6 is 0 Å². The van der Waals surface area contributed by atoms with Gasteiger partial charge in [-0.15, -0.1) is 0 Å². The molecule has 1 N–H and O–H groups in total. The Hall–Kier alpha value is -3.22. The van der Waals surface area contributed by atoms with E-state index in [0.717, 1.165) is 35.3 Å². The van der Waals surface area contributed by atoms with Crippen LogP contribution in [0.1, 0.15) is 23.9 Å². The van der Waals surface area contributed by atoms with Gasteiger partial charge in [-0.1, -0.05) is 18.2 Å². The summed E-state index contributed by atoms with van der Waals surface area (Å²) >= 11 is 0. The fraction of sp³-hybridized carbons (Fsp3) is 0.286. The number of guanidine groups is 1. The van der Waals surface area contributed by atoms with Gasteiger partial charge < -0.3 is 10.2 Å². The first-order chi connectivity index (χ1) is 13.6. The molecule has 146 valence electrons. The Balaban J connectivity index is 1.69. The highest BCUT2D eigenvalue weighted by molar-refractivity contribution is 5.79. The summed E-state index contributed by atoms with van der Waals surface area (Å²) in [4.78, 5) is 15.4. The van der Waals surface area contributed by atoms with E-state index in [0.29, 0.717) is 13.1 Å². The van der Waals surface area contributed by atoms with Crippen LogP contribution in [0.25, 0.3) is 5.82 Å². The maximum absolute atomic E-state index is 13.4. The van der Waals surface area contributed by atoms with E-state index in [-0.39, 0.29) is 5.82 Å². The Morgan fingerprint density at radius 1 is 1.21 bits per heavy atom. The number of aryl methyl sites for hydroxylation is 1. The Labute approximate surface area is 164 Å². The number of hydrogen-bond acceptors (Lipinski definition) is 3. The smallest absolute Gasteiger partial charge is 0.194 e. The van der Waals surface area contributed by atoms with E-state index in [1.165, 1.54) is 6.07 Å². The molecule has 0 aliphatic carbocycles. The molecule has 0 saturated heterocycles. The molecule has 0 fully saturated rings. The second kappa shape index (κ2) is 9.12. The van der Waals surface area contributed by atoms with E-state index in [1.54, 1.807) is 18.3 Å². The van der Waals surface area contributed by atoms with Gasteiger partial charge in [0, 0.05) is 38.7 Å². The molecule has 0 amide bonds. The van der Waals surface area contributed by atoms with E-state index in [1.807, 2.05) is 61.0 Å². The summed E-state index contributed by atoms with van der Waals surface area (Å²) < 4.78 is 15.4. The molecular weight excluding hydrogens is 355 g/mol. The SMILES string of the molecule is CCNC(=NCc1ccc(-n2ccnc2C)nc1)N(C)Cc1cccc(F)c1. The molecule has 7 heteroatoms. The predicted molar refractivity (Wildman–Crippen MR) is 109 cm³/mol. The first kappa shape index (κ1) is 19.5. The Morgan fingerprint density at radius 2 is 2.07 bits per heavy atom. The number of nitrogens with zero attached hydrogens (tertiary/aromatic N) is 5. The van der Waals surface area contributed by atoms with E-state index in [9.17, 15) is 4.39 Å². The highest BCUT2D eigenvalue weighted by Gasteiger charge is 2.08. The lowest BCUT2D eigenvalue weighted by Gasteiger charge is -2.22. The van der Waals surface area contributed by atoms with Crippen molar-refractivity contribution in [2.45, 2.75) is 26.9 Å². The molecule has 2 aromatic heterocycles. The van der Waals surface area contributed by atoms with Gasteiger partial charge in [-0.25, -0.2) is 19.4 Å². The first-order valence-corrected chi connectivity index (χ1v) is 9.26. The van der Waals surface area contributed by atoms with Crippen LogP contribution < -0.4 is 5.32 Å². The number of aromatic nitrogens is 3. The minimum absolute atomic E-state index is 0.230. The highest BCUT2D eigenvalue weighted by Crippen LogP contribution is 2.10. The van der Waals surface area contributed by atoms with Crippen LogP contribution in [0, 0.1) is 12.7 Å². The minimum Gasteiger partial charge on any atom is -0.357 e. The van der Waals surface area contributed by atoms with Gasteiger partial charge in [0.25, 0.3) is 0 Å². The van der Waals surface area contributed by atoms with Crippen LogP contribution in [0.2, 0.25) is 0 Å². The average molecular weight is 380 g/mol. The van der Waals surface area contributed by atoms with Gasteiger partial charge in [0.15, 0.2) is 5.96 Å². The fourth-order valence-electron chi connectivity index (χ4n) is 2.89. The quantitative estimate of drug-likeness (QED) is 0.527. The van der Waals surface area contributed by atoms with Crippen molar-refractivity contribution in [3.63, 3.8) is 0 Å². The third-order valence-electron chi connectivity index (χ3n) is 4.30. The summed E-state index contributed by atoms with van der Waals surface area (Å²) in [7, 11) is 1.94. The molecule has 0 bridgehead atoms. The van der Waals surface area contributed by atoms with E-state index in [2.05, 4.69) is 15.3 Å². The molecule has 0 spiro atoms. The lowest BCUT2D eigenvalue weighted by Crippen LogP contribution is -2.38. The van der Waals surface area contributed by atoms with Crippen LogP contribution in [0.3, 0.4) is 0 Å². The molecule has 28 heavy (non-hydrogen) atoms. The van der Waals surface area contributed by atoms with Gasteiger partial charge in [-0.05, 0) is 43.2 Å². The number of aliphatic imine (C=N–C) groups is 1. The standard InChI is InChI=1S/C21H25FN6/c1-4-23-21(27(3)15-17-6-5-7-19(22)12-17)26-14-18-8-9-20(25-13-18)28-11-10-24-16(28)2/h5-13H,4,14-15H2,1-3H3,(H,23,26). The summed E-state index contributed by atoms with van der Waals surface area (Å²) in [5.41, 5.74) is 1.91. The van der Waals surface area contributed by atoms with Crippen LogP contribution in [-0.4, -0.2) is 39.0 Å². The Kier molecular flexibility index (Phi) is 6.37. The Morgan fingerprint density at radius 3 is 2.71 bits per heavy atom. The summed E-state index contributed by atoms with van der Waals surface area (Å²) in [6.07, 6.45) is 5.47. The monoisotopic (exact) mass is 380 g/mol.